The predicted octanol–water partition coefficient (Wildman–Crippen LogP) is 2.89. The zero-order chi connectivity index (χ0) is 10.4. The molecule has 0 amide bonds. The molecule has 0 heterocycles. The van der Waals surface area contributed by atoms with Gasteiger partial charge in [0.25, 0.3) is 0 Å². The summed E-state index contributed by atoms with van der Waals surface area (Å²) in [6.07, 6.45) is 4.53. The van der Waals surface area contributed by atoms with Gasteiger partial charge in [0.2, 0.25) is 6.20 Å². The van der Waals surface area contributed by atoms with E-state index < -0.39 is 4.92 Å². The van der Waals surface area contributed by atoms with Gasteiger partial charge in [-0.05, 0) is 17.5 Å². The van der Waals surface area contributed by atoms with Crippen LogP contribution in [0.1, 0.15) is 24.5 Å². The quantitative estimate of drug-likeness (QED) is 0.542. The Kier molecular flexibility index (Phi) is 3.85. The number of hydrogen-bond acceptors (Lipinski definition) is 2. The van der Waals surface area contributed by atoms with E-state index in [1.165, 1.54) is 0 Å². The fourth-order valence-corrected chi connectivity index (χ4v) is 1.33. The lowest BCUT2D eigenvalue weighted by atomic mass is 10.0. The molecule has 1 aromatic rings. The molecule has 3 nitrogen and oxygen atoms in total. The number of nitro groups is 1. The van der Waals surface area contributed by atoms with Gasteiger partial charge in [0.15, 0.2) is 0 Å². The Labute approximate surface area is 83.2 Å². The van der Waals surface area contributed by atoms with Gasteiger partial charge in [-0.2, -0.15) is 0 Å². The first kappa shape index (κ1) is 10.4. The molecule has 0 aliphatic rings. The van der Waals surface area contributed by atoms with Gasteiger partial charge in [-0.15, -0.1) is 0 Å². The third kappa shape index (κ3) is 3.01. The minimum Gasteiger partial charge on any atom is -0.259 e. The highest BCUT2D eigenvalue weighted by molar-refractivity contribution is 5.52. The first-order valence-electron chi connectivity index (χ1n) is 4.63. The molecule has 1 rings (SSSR count). The Morgan fingerprint density at radius 1 is 1.43 bits per heavy atom. The van der Waals surface area contributed by atoms with Crippen molar-refractivity contribution in [1.82, 2.24) is 0 Å². The topological polar surface area (TPSA) is 43.1 Å². The predicted molar refractivity (Wildman–Crippen MR) is 56.5 cm³/mol. The van der Waals surface area contributed by atoms with Crippen LogP contribution in [0, 0.1) is 10.1 Å². The summed E-state index contributed by atoms with van der Waals surface area (Å²) in [6.45, 7) is 2.09. The second kappa shape index (κ2) is 5.17. The number of rotatable bonds is 4. The van der Waals surface area contributed by atoms with Gasteiger partial charge in [-0.1, -0.05) is 37.6 Å². The number of aryl methyl sites for hydroxylation is 1. The highest BCUT2D eigenvalue weighted by atomic mass is 16.6. The number of nitrogens with zero attached hydrogens (tertiary/aromatic N) is 1. The molecule has 0 fully saturated rings. The van der Waals surface area contributed by atoms with Gasteiger partial charge >= 0.3 is 0 Å². The lowest BCUT2D eigenvalue weighted by Crippen LogP contribution is -1.89. The molecule has 0 spiro atoms. The fourth-order valence-electron chi connectivity index (χ4n) is 1.33. The molecule has 1 aromatic carbocycles. The molecule has 0 aliphatic heterocycles. The maximum absolute atomic E-state index is 10.2. The molecule has 0 atom stereocenters. The van der Waals surface area contributed by atoms with Crippen molar-refractivity contribution in [2.75, 3.05) is 0 Å². The third-order valence-corrected chi connectivity index (χ3v) is 1.95. The van der Waals surface area contributed by atoms with E-state index in [0.717, 1.165) is 30.2 Å². The maximum atomic E-state index is 10.2. The van der Waals surface area contributed by atoms with Crippen molar-refractivity contribution >= 4 is 6.08 Å². The van der Waals surface area contributed by atoms with Crippen molar-refractivity contribution < 1.29 is 4.92 Å². The maximum Gasteiger partial charge on any atom is 0.235 e. The molecule has 0 bridgehead atoms. The molecule has 0 saturated heterocycles. The van der Waals surface area contributed by atoms with Gasteiger partial charge in [0, 0.05) is 6.08 Å². The van der Waals surface area contributed by atoms with E-state index in [9.17, 15) is 10.1 Å². The molecule has 0 N–H and O–H groups in total. The molecular formula is C11H13NO2. The van der Waals surface area contributed by atoms with Gasteiger partial charge in [-0.25, -0.2) is 0 Å². The van der Waals surface area contributed by atoms with Crippen molar-refractivity contribution in [2.45, 2.75) is 19.8 Å². The van der Waals surface area contributed by atoms with Crippen LogP contribution in [0.15, 0.2) is 30.5 Å². The zero-order valence-corrected chi connectivity index (χ0v) is 8.14. The van der Waals surface area contributed by atoms with Crippen LogP contribution < -0.4 is 0 Å². The van der Waals surface area contributed by atoms with Gasteiger partial charge in [0.05, 0.1) is 4.92 Å². The molecule has 14 heavy (non-hydrogen) atoms. The SMILES string of the molecule is CCCc1ccccc1/C=C/[N+](=O)[O-]. The molecule has 0 radical (unpaired) electrons. The summed E-state index contributed by atoms with van der Waals surface area (Å²) >= 11 is 0. The molecule has 0 saturated carbocycles. The van der Waals surface area contributed by atoms with Crippen LogP contribution >= 0.6 is 0 Å². The van der Waals surface area contributed by atoms with Crippen molar-refractivity contribution in [3.63, 3.8) is 0 Å². The molecule has 0 aromatic heterocycles. The minimum absolute atomic E-state index is 0.442. The van der Waals surface area contributed by atoms with Crippen LogP contribution in [-0.4, -0.2) is 4.92 Å². The number of hydrogen-bond donors (Lipinski definition) is 0. The summed E-state index contributed by atoms with van der Waals surface area (Å²) in [7, 11) is 0. The summed E-state index contributed by atoms with van der Waals surface area (Å²) in [5, 5.41) is 10.2. The highest BCUT2D eigenvalue weighted by Crippen LogP contribution is 2.12. The Bertz CT molecular complexity index is 345. The Balaban J connectivity index is 2.89. The summed E-state index contributed by atoms with van der Waals surface area (Å²) in [5.41, 5.74) is 2.10. The van der Waals surface area contributed by atoms with Crippen molar-refractivity contribution in [3.05, 3.63) is 51.7 Å². The van der Waals surface area contributed by atoms with Crippen LogP contribution in [0.5, 0.6) is 0 Å². The van der Waals surface area contributed by atoms with Crippen molar-refractivity contribution in [1.29, 1.82) is 0 Å². The standard InChI is InChI=1S/C11H13NO2/c1-2-5-10-6-3-4-7-11(10)8-9-12(13)14/h3-4,6-9H,2,5H2,1H3/b9-8+. The second-order valence-corrected chi connectivity index (χ2v) is 3.05. The van der Waals surface area contributed by atoms with E-state index in [1.807, 2.05) is 24.3 Å². The summed E-state index contributed by atoms with van der Waals surface area (Å²) in [4.78, 5) is 9.72. The monoisotopic (exact) mass is 191 g/mol. The average Bonchev–Trinajstić information content (AvgIpc) is 2.17. The average molecular weight is 191 g/mol. The lowest BCUT2D eigenvalue weighted by Gasteiger charge is -2.02. The van der Waals surface area contributed by atoms with E-state index in [4.69, 9.17) is 0 Å². The smallest absolute Gasteiger partial charge is 0.235 e. The van der Waals surface area contributed by atoms with Crippen molar-refractivity contribution in [2.24, 2.45) is 0 Å². The number of benzene rings is 1. The van der Waals surface area contributed by atoms with E-state index in [0.29, 0.717) is 0 Å². The van der Waals surface area contributed by atoms with E-state index in [2.05, 4.69) is 6.92 Å². The normalized spacial score (nSPS) is 10.6. The Morgan fingerprint density at radius 2 is 2.14 bits per heavy atom. The zero-order valence-electron chi connectivity index (χ0n) is 8.14. The fraction of sp³-hybridized carbons (Fsp3) is 0.273. The van der Waals surface area contributed by atoms with Crippen molar-refractivity contribution in [3.8, 4) is 0 Å². The summed E-state index contributed by atoms with van der Waals surface area (Å²) in [5.74, 6) is 0. The molecule has 74 valence electrons. The van der Waals surface area contributed by atoms with Crippen LogP contribution in [0.4, 0.5) is 0 Å². The Hall–Kier alpha value is -1.64. The molecule has 3 heteroatoms. The van der Waals surface area contributed by atoms with Crippen LogP contribution in [-0.2, 0) is 6.42 Å². The van der Waals surface area contributed by atoms with Gasteiger partial charge < -0.3 is 0 Å². The molecular weight excluding hydrogens is 178 g/mol. The third-order valence-electron chi connectivity index (χ3n) is 1.95. The van der Waals surface area contributed by atoms with Crippen LogP contribution in [0.2, 0.25) is 0 Å². The van der Waals surface area contributed by atoms with E-state index in [1.54, 1.807) is 6.08 Å². The van der Waals surface area contributed by atoms with Gasteiger partial charge in [-0.3, -0.25) is 10.1 Å². The van der Waals surface area contributed by atoms with Crippen LogP contribution in [0.25, 0.3) is 6.08 Å². The Morgan fingerprint density at radius 3 is 2.79 bits per heavy atom. The first-order chi connectivity index (χ1) is 6.74. The van der Waals surface area contributed by atoms with Crippen LogP contribution in [0.3, 0.4) is 0 Å². The van der Waals surface area contributed by atoms with Gasteiger partial charge in [0.1, 0.15) is 0 Å². The lowest BCUT2D eigenvalue weighted by molar-refractivity contribution is -0.400. The second-order valence-electron chi connectivity index (χ2n) is 3.05. The minimum atomic E-state index is -0.442. The molecule has 0 unspecified atom stereocenters. The largest absolute Gasteiger partial charge is 0.259 e. The molecule has 0 aliphatic carbocycles. The highest BCUT2D eigenvalue weighted by Gasteiger charge is 1.98. The van der Waals surface area contributed by atoms with E-state index in [-0.39, 0.29) is 0 Å². The first-order valence-corrected chi connectivity index (χ1v) is 4.63. The summed E-state index contributed by atoms with van der Waals surface area (Å²) < 4.78 is 0. The summed E-state index contributed by atoms with van der Waals surface area (Å²) in [6, 6.07) is 7.74. The van der Waals surface area contributed by atoms with E-state index >= 15 is 0 Å².